The van der Waals surface area contributed by atoms with Gasteiger partial charge < -0.3 is 20.5 Å². The van der Waals surface area contributed by atoms with Crippen LogP contribution >= 0.6 is 11.6 Å². The van der Waals surface area contributed by atoms with Gasteiger partial charge in [0.2, 0.25) is 0 Å². The minimum atomic E-state index is 0.529. The van der Waals surface area contributed by atoms with E-state index in [4.69, 9.17) is 26.8 Å². The van der Waals surface area contributed by atoms with E-state index in [2.05, 4.69) is 35.5 Å². The number of halogens is 1. The Hall–Kier alpha value is -6.37. The van der Waals surface area contributed by atoms with E-state index < -0.39 is 0 Å². The average molecular weight is 699 g/mol. The molecule has 0 unspecified atom stereocenters. The molecule has 0 fully saturated rings. The first kappa shape index (κ1) is 34.5. The fourth-order valence-electron chi connectivity index (χ4n) is 5.04. The Bertz CT molecular complexity index is 2280. The Morgan fingerprint density at radius 3 is 1.65 bits per heavy atom. The summed E-state index contributed by atoms with van der Waals surface area (Å²) in [4.78, 5) is 17.1. The summed E-state index contributed by atoms with van der Waals surface area (Å²) in [6.45, 7) is 1.15. The van der Waals surface area contributed by atoms with Crippen LogP contribution in [-0.2, 0) is 13.1 Å². The molecule has 8 rings (SSSR count). The molecule has 0 aliphatic rings. The van der Waals surface area contributed by atoms with Crippen molar-refractivity contribution >= 4 is 28.7 Å². The molecule has 0 saturated heterocycles. The van der Waals surface area contributed by atoms with E-state index in [9.17, 15) is 0 Å². The Labute approximate surface area is 299 Å². The third-order valence-corrected chi connectivity index (χ3v) is 7.96. The second kappa shape index (κ2) is 16.8. The quantitative estimate of drug-likeness (QED) is 0.159. The topological polar surface area (TPSA) is 143 Å². The molecule has 6 aromatic heterocycles. The van der Waals surface area contributed by atoms with Crippen molar-refractivity contribution in [3.8, 4) is 33.8 Å². The molecule has 0 saturated carbocycles. The molecule has 0 spiro atoms. The number of nitrogens with two attached hydrogens (primary N) is 1. The fourth-order valence-corrected chi connectivity index (χ4v) is 5.22. The van der Waals surface area contributed by atoms with Crippen LogP contribution in [0.25, 0.3) is 33.5 Å². The van der Waals surface area contributed by atoms with Crippen molar-refractivity contribution in [2.45, 2.75) is 13.1 Å². The SMILES string of the molecule is COc1ccc(-c2cnn3c(Cl)ccnc23)cc1.COc1ccc(-c2cnn3c(NCc4ccccn4)ccnc23)cc1.NCc1ccccn1. The highest BCUT2D eigenvalue weighted by atomic mass is 35.5. The lowest BCUT2D eigenvalue weighted by Gasteiger charge is -2.08. The van der Waals surface area contributed by atoms with Crippen LogP contribution < -0.4 is 20.5 Å². The van der Waals surface area contributed by atoms with Crippen LogP contribution in [-0.4, -0.2) is 53.4 Å². The summed E-state index contributed by atoms with van der Waals surface area (Å²) in [6.07, 6.45) is 10.6. The van der Waals surface area contributed by atoms with E-state index in [1.54, 1.807) is 55.8 Å². The highest BCUT2D eigenvalue weighted by molar-refractivity contribution is 6.29. The second-order valence-corrected chi connectivity index (χ2v) is 11.2. The van der Waals surface area contributed by atoms with Gasteiger partial charge in [0.15, 0.2) is 11.3 Å². The lowest BCUT2D eigenvalue weighted by atomic mass is 10.1. The van der Waals surface area contributed by atoms with Crippen molar-refractivity contribution in [3.63, 3.8) is 0 Å². The zero-order valence-corrected chi connectivity index (χ0v) is 28.7. The van der Waals surface area contributed by atoms with Gasteiger partial charge >= 0.3 is 0 Å². The summed E-state index contributed by atoms with van der Waals surface area (Å²) < 4.78 is 13.8. The molecule has 0 amide bonds. The number of fused-ring (bicyclic) bond motifs is 2. The molecule has 2 aromatic carbocycles. The van der Waals surface area contributed by atoms with Gasteiger partial charge in [-0.15, -0.1) is 0 Å². The van der Waals surface area contributed by atoms with Crippen LogP contribution in [0.15, 0.2) is 134 Å². The number of methoxy groups -OCH3 is 2. The number of hydrogen-bond acceptors (Lipinski definition) is 10. The molecule has 6 heterocycles. The number of pyridine rings is 2. The minimum absolute atomic E-state index is 0.529. The normalized spacial score (nSPS) is 10.5. The highest BCUT2D eigenvalue weighted by Crippen LogP contribution is 2.28. The molecule has 0 aliphatic carbocycles. The largest absolute Gasteiger partial charge is 0.497 e. The Balaban J connectivity index is 0.000000150. The third kappa shape index (κ3) is 8.44. The zero-order valence-electron chi connectivity index (χ0n) is 28.0. The van der Waals surface area contributed by atoms with Gasteiger partial charge in [-0.3, -0.25) is 9.97 Å². The maximum atomic E-state index is 6.05. The first-order valence-corrected chi connectivity index (χ1v) is 16.3. The number of benzene rings is 2. The van der Waals surface area contributed by atoms with Crippen molar-refractivity contribution in [1.82, 2.24) is 39.2 Å². The number of hydrogen-bond donors (Lipinski definition) is 2. The number of rotatable bonds is 8. The van der Waals surface area contributed by atoms with Gasteiger partial charge in [-0.05, 0) is 71.8 Å². The van der Waals surface area contributed by atoms with Crippen LogP contribution in [0.5, 0.6) is 11.5 Å². The summed E-state index contributed by atoms with van der Waals surface area (Å²) in [6, 6.07) is 30.8. The average Bonchev–Trinajstić information content (AvgIpc) is 3.85. The fraction of sp³-hybridized carbons (Fsp3) is 0.105. The van der Waals surface area contributed by atoms with Crippen LogP contribution in [0, 0.1) is 0 Å². The summed E-state index contributed by atoms with van der Waals surface area (Å²) in [5.41, 5.74) is 12.7. The van der Waals surface area contributed by atoms with Gasteiger partial charge in [-0.25, -0.2) is 14.5 Å². The molecular formula is C38H35ClN10O2. The standard InChI is InChI=1S/C19H17N5O.C13H10ClN3O.C6H8N2/c1-25-16-7-5-14(6-8-16)17-13-23-24-18(9-11-21-19(17)24)22-12-15-4-2-3-10-20-15;1-18-10-4-2-9(3-5-10)11-8-16-17-12(14)6-7-15-13(11)17;7-5-6-3-1-2-4-8-6/h2-11,13,22H,12H2,1H3;2-8H,1H3;1-4H,5,7H2. The van der Waals surface area contributed by atoms with Gasteiger partial charge in [0.25, 0.3) is 0 Å². The number of ether oxygens (including phenoxy) is 2. The van der Waals surface area contributed by atoms with Crippen molar-refractivity contribution in [2.24, 2.45) is 5.73 Å². The molecule has 13 heteroatoms. The Kier molecular flexibility index (Phi) is 11.4. The smallest absolute Gasteiger partial charge is 0.165 e. The van der Waals surface area contributed by atoms with E-state index in [0.717, 1.165) is 62.3 Å². The summed E-state index contributed by atoms with van der Waals surface area (Å²) >= 11 is 6.05. The predicted octanol–water partition coefficient (Wildman–Crippen LogP) is 7.01. The van der Waals surface area contributed by atoms with Crippen LogP contribution in [0.3, 0.4) is 0 Å². The van der Waals surface area contributed by atoms with Crippen molar-refractivity contribution in [3.05, 3.63) is 151 Å². The molecule has 0 radical (unpaired) electrons. The minimum Gasteiger partial charge on any atom is -0.497 e. The molecule has 3 N–H and O–H groups in total. The van der Waals surface area contributed by atoms with E-state index in [1.165, 1.54) is 0 Å². The van der Waals surface area contributed by atoms with Crippen LogP contribution in [0.2, 0.25) is 5.15 Å². The van der Waals surface area contributed by atoms with Crippen molar-refractivity contribution in [1.29, 1.82) is 0 Å². The summed E-state index contributed by atoms with van der Waals surface area (Å²) in [7, 11) is 3.30. The molecule has 0 atom stereocenters. The predicted molar refractivity (Wildman–Crippen MR) is 199 cm³/mol. The molecule has 51 heavy (non-hydrogen) atoms. The van der Waals surface area contributed by atoms with Gasteiger partial charge in [-0.1, -0.05) is 48.0 Å². The number of anilines is 1. The number of nitrogens with one attached hydrogen (secondary N) is 1. The lowest BCUT2D eigenvalue weighted by molar-refractivity contribution is 0.415. The summed E-state index contributed by atoms with van der Waals surface area (Å²) in [5, 5.41) is 12.6. The number of nitrogens with zero attached hydrogens (tertiary/aromatic N) is 8. The van der Waals surface area contributed by atoms with E-state index in [1.807, 2.05) is 102 Å². The van der Waals surface area contributed by atoms with E-state index in [0.29, 0.717) is 18.2 Å². The monoisotopic (exact) mass is 698 g/mol. The Morgan fingerprint density at radius 1 is 0.608 bits per heavy atom. The molecular weight excluding hydrogens is 664 g/mol. The van der Waals surface area contributed by atoms with Crippen LogP contribution in [0.4, 0.5) is 5.82 Å². The van der Waals surface area contributed by atoms with Crippen LogP contribution in [0.1, 0.15) is 11.4 Å². The lowest BCUT2D eigenvalue weighted by Crippen LogP contribution is -2.06. The number of aromatic nitrogens is 8. The van der Waals surface area contributed by atoms with Gasteiger partial charge in [-0.2, -0.15) is 14.7 Å². The zero-order chi connectivity index (χ0) is 35.4. The van der Waals surface area contributed by atoms with Gasteiger partial charge in [0.1, 0.15) is 22.5 Å². The molecule has 256 valence electrons. The van der Waals surface area contributed by atoms with Gasteiger partial charge in [0.05, 0.1) is 44.5 Å². The first-order valence-electron chi connectivity index (χ1n) is 15.9. The second-order valence-electron chi connectivity index (χ2n) is 10.8. The first-order chi connectivity index (χ1) is 25.1. The molecule has 0 aliphatic heterocycles. The van der Waals surface area contributed by atoms with E-state index >= 15 is 0 Å². The van der Waals surface area contributed by atoms with Crippen molar-refractivity contribution < 1.29 is 9.47 Å². The maximum Gasteiger partial charge on any atom is 0.165 e. The summed E-state index contributed by atoms with van der Waals surface area (Å²) in [5.74, 6) is 2.52. The van der Waals surface area contributed by atoms with Crippen molar-refractivity contribution in [2.75, 3.05) is 19.5 Å². The molecule has 0 bridgehead atoms. The maximum absolute atomic E-state index is 6.05. The highest BCUT2D eigenvalue weighted by Gasteiger charge is 2.11. The van der Waals surface area contributed by atoms with Gasteiger partial charge in [0, 0.05) is 42.5 Å². The third-order valence-electron chi connectivity index (χ3n) is 7.67. The Morgan fingerprint density at radius 2 is 1.14 bits per heavy atom. The molecule has 12 nitrogen and oxygen atoms in total. The van der Waals surface area contributed by atoms with E-state index in [-0.39, 0.29) is 0 Å². The molecule has 8 aromatic rings.